The molecule has 198 valence electrons. The van der Waals surface area contributed by atoms with Crippen LogP contribution in [0.5, 0.6) is 11.5 Å². The van der Waals surface area contributed by atoms with Gasteiger partial charge >= 0.3 is 0 Å². The Bertz CT molecular complexity index is 1140. The maximum Gasteiger partial charge on any atom is 0.188 e. The van der Waals surface area contributed by atoms with E-state index in [0.29, 0.717) is 12.2 Å². The molecule has 0 amide bonds. The molecule has 0 fully saturated rings. The van der Waals surface area contributed by atoms with Crippen LogP contribution in [0.4, 0.5) is 5.69 Å². The minimum Gasteiger partial charge on any atom is -0.493 e. The number of furan rings is 1. The highest BCUT2D eigenvalue weighted by Gasteiger charge is 2.11. The number of ether oxygens (including phenoxy) is 3. The first-order chi connectivity index (χ1) is 18.2. The van der Waals surface area contributed by atoms with Gasteiger partial charge in [0.15, 0.2) is 23.7 Å². The summed E-state index contributed by atoms with van der Waals surface area (Å²) < 4.78 is 21.3. The molecule has 0 saturated carbocycles. The summed E-state index contributed by atoms with van der Waals surface area (Å²) in [4.78, 5) is 14.6. The van der Waals surface area contributed by atoms with Crippen molar-refractivity contribution in [2.45, 2.75) is 39.5 Å². The van der Waals surface area contributed by atoms with E-state index in [9.17, 15) is 4.79 Å². The van der Waals surface area contributed by atoms with Crippen molar-refractivity contribution >= 4 is 23.6 Å². The third-order valence-electron chi connectivity index (χ3n) is 5.41. The summed E-state index contributed by atoms with van der Waals surface area (Å²) in [5, 5.41) is 3.18. The third kappa shape index (κ3) is 9.52. The molecule has 0 aliphatic carbocycles. The summed E-state index contributed by atoms with van der Waals surface area (Å²) >= 11 is 0. The predicted octanol–water partition coefficient (Wildman–Crippen LogP) is 7.05. The fourth-order valence-corrected chi connectivity index (χ4v) is 3.51. The molecule has 7 nitrogen and oxygen atoms in total. The number of rotatable bonds is 8. The second-order valence-corrected chi connectivity index (χ2v) is 7.78. The van der Waals surface area contributed by atoms with E-state index in [1.54, 1.807) is 20.3 Å². The number of aldehydes is 1. The van der Waals surface area contributed by atoms with Gasteiger partial charge in [-0.15, -0.1) is 0 Å². The first-order valence-electron chi connectivity index (χ1n) is 12.5. The average Bonchev–Trinajstić information content (AvgIpc) is 3.39. The smallest absolute Gasteiger partial charge is 0.188 e. The highest BCUT2D eigenvalue weighted by atomic mass is 16.5. The number of hydrogen-bond acceptors (Lipinski definition) is 7. The molecule has 0 bridgehead atoms. The van der Waals surface area contributed by atoms with Crippen LogP contribution in [-0.2, 0) is 11.2 Å². The summed E-state index contributed by atoms with van der Waals surface area (Å²) in [5.74, 6) is 2.28. The van der Waals surface area contributed by atoms with Gasteiger partial charge in [0.1, 0.15) is 6.26 Å². The lowest BCUT2D eigenvalue weighted by Gasteiger charge is -2.11. The summed E-state index contributed by atoms with van der Waals surface area (Å²) in [6.45, 7) is 4.58. The molecule has 7 heteroatoms. The van der Waals surface area contributed by atoms with Gasteiger partial charge in [-0.1, -0.05) is 38.1 Å². The van der Waals surface area contributed by atoms with E-state index in [0.717, 1.165) is 71.9 Å². The largest absolute Gasteiger partial charge is 0.493 e. The molecule has 4 rings (SSSR count). The van der Waals surface area contributed by atoms with Gasteiger partial charge in [0.2, 0.25) is 0 Å². The molecule has 0 spiro atoms. The zero-order valence-electron chi connectivity index (χ0n) is 22.5. The number of aliphatic imine (C=N–C) groups is 1. The van der Waals surface area contributed by atoms with E-state index >= 15 is 0 Å². The van der Waals surface area contributed by atoms with E-state index in [1.165, 1.54) is 12.5 Å². The maximum atomic E-state index is 9.81. The van der Waals surface area contributed by atoms with Gasteiger partial charge in [-0.2, -0.15) is 0 Å². The van der Waals surface area contributed by atoms with Crippen LogP contribution in [0.2, 0.25) is 0 Å². The van der Waals surface area contributed by atoms with Gasteiger partial charge in [-0.25, -0.2) is 4.99 Å². The summed E-state index contributed by atoms with van der Waals surface area (Å²) in [7, 11) is 5.21. The van der Waals surface area contributed by atoms with E-state index in [4.69, 9.17) is 19.2 Å². The van der Waals surface area contributed by atoms with E-state index < -0.39 is 0 Å². The molecule has 0 radical (unpaired) electrons. The Morgan fingerprint density at radius 3 is 2.51 bits per heavy atom. The molecule has 3 aromatic rings. The molecule has 2 heterocycles. The Labute approximate surface area is 220 Å². The Kier molecular flexibility index (Phi) is 13.1. The van der Waals surface area contributed by atoms with Crippen LogP contribution in [-0.4, -0.2) is 40.1 Å². The minimum absolute atomic E-state index is 0.581. The fraction of sp³-hybridized carbons (Fsp3) is 0.333. The molecular formula is C30H38N2O5. The summed E-state index contributed by atoms with van der Waals surface area (Å²) in [5.41, 5.74) is 4.89. The number of nitrogens with zero attached hydrogens (tertiary/aromatic N) is 1. The van der Waals surface area contributed by atoms with Crippen molar-refractivity contribution in [3.8, 4) is 11.5 Å². The first kappa shape index (κ1) is 29.2. The summed E-state index contributed by atoms with van der Waals surface area (Å²) in [6, 6.07) is 15.8. The molecule has 0 unspecified atom stereocenters. The third-order valence-corrected chi connectivity index (χ3v) is 5.41. The minimum atomic E-state index is 0.581. The van der Waals surface area contributed by atoms with Gasteiger partial charge in [-0.05, 0) is 48.7 Å². The van der Waals surface area contributed by atoms with Gasteiger partial charge in [0, 0.05) is 31.1 Å². The molecule has 1 aromatic heterocycles. The Hall–Kier alpha value is -4.00. The standard InChI is InChI=1S/C23H28N2O3.C5H4O2.C2H6/c1-24-19-8-6-7-18(16-19)20-9-4-5-10-23(25-20)28-14-13-17-11-12-21(26-2)22(15-17)27-3;6-3-5-1-2-7-4-5;1-2/h6-9,11-12,15-16,24H,4-5,10,13-14H2,1-3H3;1-4H;1-2H3. The zero-order valence-corrected chi connectivity index (χ0v) is 22.5. The Morgan fingerprint density at radius 2 is 1.86 bits per heavy atom. The lowest BCUT2D eigenvalue weighted by Crippen LogP contribution is -2.08. The van der Waals surface area contributed by atoms with Crippen molar-refractivity contribution in [1.82, 2.24) is 0 Å². The number of carbonyl (C=O) groups is 1. The lowest BCUT2D eigenvalue weighted by atomic mass is 10.1. The fourth-order valence-electron chi connectivity index (χ4n) is 3.51. The highest BCUT2D eigenvalue weighted by Crippen LogP contribution is 2.28. The number of benzene rings is 2. The van der Waals surface area contributed by atoms with Crippen LogP contribution in [0.3, 0.4) is 0 Å². The van der Waals surface area contributed by atoms with Crippen LogP contribution < -0.4 is 14.8 Å². The van der Waals surface area contributed by atoms with Crippen molar-refractivity contribution < 1.29 is 23.4 Å². The molecule has 0 atom stereocenters. The van der Waals surface area contributed by atoms with Crippen LogP contribution in [0.1, 0.15) is 54.6 Å². The molecule has 0 saturated heterocycles. The SMILES string of the molecule is CC.CNc1cccc(C2=CCCCC(OCCc3ccc(OC)c(OC)c3)=N2)c1.O=Cc1ccoc1. The van der Waals surface area contributed by atoms with Gasteiger partial charge in [0.25, 0.3) is 0 Å². The maximum absolute atomic E-state index is 9.81. The molecule has 1 N–H and O–H groups in total. The van der Waals surface area contributed by atoms with Crippen LogP contribution >= 0.6 is 0 Å². The number of nitrogens with one attached hydrogen (secondary N) is 1. The van der Waals surface area contributed by atoms with Crippen LogP contribution in [0, 0.1) is 0 Å². The lowest BCUT2D eigenvalue weighted by molar-refractivity contribution is 0.112. The second-order valence-electron chi connectivity index (χ2n) is 7.78. The van der Waals surface area contributed by atoms with Crippen molar-refractivity contribution in [1.29, 1.82) is 0 Å². The molecule has 37 heavy (non-hydrogen) atoms. The van der Waals surface area contributed by atoms with E-state index in [1.807, 2.05) is 51.2 Å². The van der Waals surface area contributed by atoms with Gasteiger partial charge < -0.3 is 23.9 Å². The predicted molar refractivity (Wildman–Crippen MR) is 150 cm³/mol. The molecular weight excluding hydrogens is 468 g/mol. The van der Waals surface area contributed by atoms with Crippen LogP contribution in [0.15, 0.2) is 76.5 Å². The van der Waals surface area contributed by atoms with Crippen molar-refractivity contribution in [3.05, 3.63) is 83.8 Å². The van der Waals surface area contributed by atoms with Crippen molar-refractivity contribution in [2.24, 2.45) is 4.99 Å². The number of anilines is 1. The number of hydrogen-bond donors (Lipinski definition) is 1. The average molecular weight is 507 g/mol. The van der Waals surface area contributed by atoms with Gasteiger partial charge in [-0.3, -0.25) is 4.79 Å². The van der Waals surface area contributed by atoms with Crippen molar-refractivity contribution in [2.75, 3.05) is 33.2 Å². The molecule has 1 aliphatic rings. The topological polar surface area (TPSA) is 82.3 Å². The van der Waals surface area contributed by atoms with E-state index in [2.05, 4.69) is 27.9 Å². The second kappa shape index (κ2) is 16.6. The van der Waals surface area contributed by atoms with Crippen molar-refractivity contribution in [3.63, 3.8) is 0 Å². The quantitative estimate of drug-likeness (QED) is 0.330. The number of allylic oxidation sites excluding steroid dienone is 1. The first-order valence-corrected chi connectivity index (χ1v) is 12.5. The Balaban J connectivity index is 0.000000455. The van der Waals surface area contributed by atoms with Gasteiger partial charge in [0.05, 0.1) is 38.4 Å². The highest BCUT2D eigenvalue weighted by molar-refractivity contribution is 5.85. The normalized spacial score (nSPS) is 12.2. The molecule has 1 aliphatic heterocycles. The number of carbonyl (C=O) groups excluding carboxylic acids is 1. The molecule has 2 aromatic carbocycles. The zero-order chi connectivity index (χ0) is 26.9. The number of methoxy groups -OCH3 is 2. The monoisotopic (exact) mass is 506 g/mol. The van der Waals surface area contributed by atoms with E-state index in [-0.39, 0.29) is 0 Å². The Morgan fingerprint density at radius 1 is 1.05 bits per heavy atom. The summed E-state index contributed by atoms with van der Waals surface area (Å²) in [6.07, 6.45) is 9.49. The van der Waals surface area contributed by atoms with Crippen LogP contribution in [0.25, 0.3) is 5.70 Å².